The Morgan fingerprint density at radius 1 is 1.16 bits per heavy atom. The molecular weight excluding hydrogens is 466 g/mol. The Labute approximate surface area is 220 Å². The van der Waals surface area contributed by atoms with Gasteiger partial charge in [0.1, 0.15) is 11.9 Å². The number of hydrogen-bond acceptors (Lipinski definition) is 7. The first-order valence-corrected chi connectivity index (χ1v) is 14.1. The topological polar surface area (TPSA) is 72.9 Å². The zero-order chi connectivity index (χ0) is 25.5. The molecule has 0 saturated carbocycles. The number of esters is 1. The molecule has 0 spiro atoms. The Morgan fingerprint density at radius 2 is 2.03 bits per heavy atom. The van der Waals surface area contributed by atoms with Crippen LogP contribution in [0.15, 0.2) is 36.4 Å². The molecule has 5 rings (SSSR count). The Balaban J connectivity index is 1.13. The normalized spacial score (nSPS) is 21.3. The third-order valence-corrected chi connectivity index (χ3v) is 8.05. The minimum Gasteiger partial charge on any atom is -0.468 e. The molecule has 0 aliphatic carbocycles. The maximum atomic E-state index is 13.0. The summed E-state index contributed by atoms with van der Waals surface area (Å²) in [7, 11) is 1.49. The molecular formula is C30H41N3O4. The van der Waals surface area contributed by atoms with Crippen LogP contribution in [0.3, 0.4) is 0 Å². The molecule has 2 unspecified atom stereocenters. The fourth-order valence-electron chi connectivity index (χ4n) is 6.02. The van der Waals surface area contributed by atoms with Crippen molar-refractivity contribution >= 4 is 11.8 Å². The zero-order valence-corrected chi connectivity index (χ0v) is 22.1. The number of ether oxygens (including phenoxy) is 3. The van der Waals surface area contributed by atoms with Crippen molar-refractivity contribution in [2.24, 2.45) is 0 Å². The summed E-state index contributed by atoms with van der Waals surface area (Å²) in [6, 6.07) is 12.4. The average molecular weight is 508 g/mol. The highest BCUT2D eigenvalue weighted by molar-refractivity contribution is 5.78. The smallest absolute Gasteiger partial charge is 0.327 e. The molecule has 2 aromatic rings. The number of methoxy groups -OCH3 is 1. The van der Waals surface area contributed by atoms with Gasteiger partial charge in [-0.25, -0.2) is 9.78 Å². The lowest BCUT2D eigenvalue weighted by molar-refractivity contribution is -0.147. The third kappa shape index (κ3) is 6.51. The number of rotatable bonds is 10. The van der Waals surface area contributed by atoms with Gasteiger partial charge >= 0.3 is 5.97 Å². The molecule has 0 amide bonds. The SMILES string of the molecule is COC(=O)C(c1ccccc1C1CCOCC1)N1CCC(OCCCCc2ccc3c(n2)NCCC3)C1. The molecule has 3 aliphatic heterocycles. The Kier molecular flexibility index (Phi) is 9.08. The quantitative estimate of drug-likeness (QED) is 0.370. The molecule has 4 heterocycles. The molecule has 1 N–H and O–H groups in total. The van der Waals surface area contributed by atoms with Crippen molar-refractivity contribution in [1.82, 2.24) is 9.88 Å². The molecule has 200 valence electrons. The second-order valence-electron chi connectivity index (χ2n) is 10.5. The number of unbranched alkanes of at least 4 members (excludes halogenated alkanes) is 1. The summed E-state index contributed by atoms with van der Waals surface area (Å²) < 4.78 is 17.1. The van der Waals surface area contributed by atoms with Crippen LogP contribution in [0, 0.1) is 0 Å². The van der Waals surface area contributed by atoms with Crippen LogP contribution in [-0.2, 0) is 31.8 Å². The van der Waals surface area contributed by atoms with Crippen LogP contribution >= 0.6 is 0 Å². The van der Waals surface area contributed by atoms with Gasteiger partial charge in [-0.05, 0) is 80.0 Å². The van der Waals surface area contributed by atoms with E-state index in [-0.39, 0.29) is 18.1 Å². The van der Waals surface area contributed by atoms with Gasteiger partial charge in [-0.2, -0.15) is 0 Å². The summed E-state index contributed by atoms with van der Waals surface area (Å²) in [6.45, 7) is 4.90. The maximum Gasteiger partial charge on any atom is 0.327 e. The monoisotopic (exact) mass is 507 g/mol. The predicted octanol–water partition coefficient (Wildman–Crippen LogP) is 4.66. The molecule has 7 heteroatoms. The molecule has 2 fully saturated rings. The number of hydrogen-bond donors (Lipinski definition) is 1. The fraction of sp³-hybridized carbons (Fsp3) is 0.600. The van der Waals surface area contributed by atoms with Gasteiger partial charge in [0.05, 0.1) is 13.2 Å². The summed E-state index contributed by atoms with van der Waals surface area (Å²) in [5.74, 6) is 1.31. The van der Waals surface area contributed by atoms with Crippen molar-refractivity contribution < 1.29 is 19.0 Å². The molecule has 1 aromatic heterocycles. The third-order valence-electron chi connectivity index (χ3n) is 8.05. The Bertz CT molecular complexity index is 1040. The van der Waals surface area contributed by atoms with Crippen molar-refractivity contribution in [2.75, 3.05) is 51.9 Å². The zero-order valence-electron chi connectivity index (χ0n) is 22.1. The van der Waals surface area contributed by atoms with Gasteiger partial charge < -0.3 is 19.5 Å². The minimum atomic E-state index is -0.388. The van der Waals surface area contributed by atoms with Crippen LogP contribution in [0.5, 0.6) is 0 Å². The molecule has 2 saturated heterocycles. The standard InChI is InChI=1S/C30H41N3O4/c1-35-30(34)28(27-10-3-2-9-26(27)22-14-19-36-20-15-22)33-17-13-25(21-33)37-18-5-4-8-24-12-11-23-7-6-16-31-29(23)32-24/h2-3,9-12,22,25,28H,4-8,13-21H2,1H3,(H,31,32). The van der Waals surface area contributed by atoms with Gasteiger partial charge in [0.15, 0.2) is 0 Å². The van der Waals surface area contributed by atoms with E-state index in [0.717, 1.165) is 101 Å². The molecule has 2 atom stereocenters. The van der Waals surface area contributed by atoms with Gasteiger partial charge in [-0.15, -0.1) is 0 Å². The number of nitrogens with zero attached hydrogens (tertiary/aromatic N) is 2. The lowest BCUT2D eigenvalue weighted by atomic mass is 9.85. The van der Waals surface area contributed by atoms with E-state index in [1.807, 2.05) is 6.07 Å². The first kappa shape index (κ1) is 26.1. The van der Waals surface area contributed by atoms with Crippen LogP contribution in [0.2, 0.25) is 0 Å². The van der Waals surface area contributed by atoms with Crippen LogP contribution in [0.4, 0.5) is 5.82 Å². The second-order valence-corrected chi connectivity index (χ2v) is 10.5. The number of likely N-dealkylation sites (tertiary alicyclic amines) is 1. The van der Waals surface area contributed by atoms with Gasteiger partial charge in [-0.3, -0.25) is 4.90 Å². The lowest BCUT2D eigenvalue weighted by Gasteiger charge is -2.31. The number of benzene rings is 1. The van der Waals surface area contributed by atoms with Crippen LogP contribution < -0.4 is 5.32 Å². The lowest BCUT2D eigenvalue weighted by Crippen LogP contribution is -2.35. The summed E-state index contributed by atoms with van der Waals surface area (Å²) in [4.78, 5) is 20.1. The number of nitrogens with one attached hydrogen (secondary N) is 1. The van der Waals surface area contributed by atoms with Crippen molar-refractivity contribution in [3.63, 3.8) is 0 Å². The molecule has 0 bridgehead atoms. The maximum absolute atomic E-state index is 13.0. The number of carbonyl (C=O) groups is 1. The summed E-state index contributed by atoms with van der Waals surface area (Å²) in [5.41, 5.74) is 4.83. The van der Waals surface area contributed by atoms with Crippen molar-refractivity contribution in [2.45, 2.75) is 69.4 Å². The molecule has 7 nitrogen and oxygen atoms in total. The Morgan fingerprint density at radius 3 is 2.89 bits per heavy atom. The van der Waals surface area contributed by atoms with Gasteiger partial charge in [0.25, 0.3) is 0 Å². The van der Waals surface area contributed by atoms with E-state index in [1.54, 1.807) is 0 Å². The molecule has 37 heavy (non-hydrogen) atoms. The van der Waals surface area contributed by atoms with E-state index >= 15 is 0 Å². The first-order valence-electron chi connectivity index (χ1n) is 14.1. The number of carbonyl (C=O) groups excluding carboxylic acids is 1. The minimum absolute atomic E-state index is 0.147. The highest BCUT2D eigenvalue weighted by atomic mass is 16.5. The average Bonchev–Trinajstić information content (AvgIpc) is 3.41. The first-order chi connectivity index (χ1) is 18.2. The van der Waals surface area contributed by atoms with Gasteiger partial charge in [0.2, 0.25) is 0 Å². The van der Waals surface area contributed by atoms with E-state index in [2.05, 4.69) is 40.5 Å². The van der Waals surface area contributed by atoms with E-state index in [9.17, 15) is 4.79 Å². The van der Waals surface area contributed by atoms with E-state index < -0.39 is 0 Å². The van der Waals surface area contributed by atoms with E-state index in [0.29, 0.717) is 5.92 Å². The van der Waals surface area contributed by atoms with Gasteiger partial charge in [-0.1, -0.05) is 30.3 Å². The van der Waals surface area contributed by atoms with Gasteiger partial charge in [0, 0.05) is 45.1 Å². The van der Waals surface area contributed by atoms with E-state index in [4.69, 9.17) is 19.2 Å². The molecule has 3 aliphatic rings. The summed E-state index contributed by atoms with van der Waals surface area (Å²) >= 11 is 0. The van der Waals surface area contributed by atoms with Crippen LogP contribution in [0.1, 0.15) is 72.9 Å². The van der Waals surface area contributed by atoms with Crippen molar-refractivity contribution in [1.29, 1.82) is 0 Å². The van der Waals surface area contributed by atoms with Crippen molar-refractivity contribution in [3.05, 3.63) is 58.8 Å². The number of anilines is 1. The number of fused-ring (bicyclic) bond motifs is 1. The summed E-state index contributed by atoms with van der Waals surface area (Å²) in [5, 5.41) is 3.42. The number of aryl methyl sites for hydroxylation is 2. The summed E-state index contributed by atoms with van der Waals surface area (Å²) in [6.07, 6.45) is 8.43. The number of pyridine rings is 1. The van der Waals surface area contributed by atoms with Crippen LogP contribution in [-0.4, -0.2) is 68.5 Å². The highest BCUT2D eigenvalue weighted by Gasteiger charge is 2.36. The molecule has 1 aromatic carbocycles. The Hall–Kier alpha value is -2.48. The molecule has 0 radical (unpaired) electrons. The van der Waals surface area contributed by atoms with Crippen molar-refractivity contribution in [3.8, 4) is 0 Å². The fourth-order valence-corrected chi connectivity index (χ4v) is 6.02. The van der Waals surface area contributed by atoms with E-state index in [1.165, 1.54) is 24.7 Å². The highest BCUT2D eigenvalue weighted by Crippen LogP contribution is 2.36. The largest absolute Gasteiger partial charge is 0.468 e. The van der Waals surface area contributed by atoms with Crippen LogP contribution in [0.25, 0.3) is 0 Å². The second kappa shape index (κ2) is 12.9. The predicted molar refractivity (Wildman–Crippen MR) is 144 cm³/mol. The number of aromatic nitrogens is 1.